The van der Waals surface area contributed by atoms with Crippen LogP contribution < -0.4 is 5.73 Å². The van der Waals surface area contributed by atoms with E-state index in [-0.39, 0.29) is 6.04 Å². The van der Waals surface area contributed by atoms with Crippen molar-refractivity contribution in [2.24, 2.45) is 5.73 Å². The van der Waals surface area contributed by atoms with Crippen LogP contribution in [0.4, 0.5) is 0 Å². The summed E-state index contributed by atoms with van der Waals surface area (Å²) in [5, 5.41) is 0.735. The largest absolute Gasteiger partial charge is 0.320 e. The average Bonchev–Trinajstić information content (AvgIpc) is 2.67. The number of aryl methyl sites for hydroxylation is 1. The summed E-state index contributed by atoms with van der Waals surface area (Å²) in [6.07, 6.45) is 0. The standard InChI is InChI=1S/C12H11ClINS/c1-7-2-5-11(16-7)12(15)9-6-8(13)3-4-10(9)14/h2-6,12H,15H2,1H3. The van der Waals surface area contributed by atoms with Crippen molar-refractivity contribution >= 4 is 45.5 Å². The van der Waals surface area contributed by atoms with Crippen molar-refractivity contribution in [1.82, 2.24) is 0 Å². The summed E-state index contributed by atoms with van der Waals surface area (Å²) in [7, 11) is 0. The fourth-order valence-electron chi connectivity index (χ4n) is 1.53. The lowest BCUT2D eigenvalue weighted by molar-refractivity contribution is 0.887. The van der Waals surface area contributed by atoms with Crippen LogP contribution in [0.5, 0.6) is 0 Å². The molecule has 0 fully saturated rings. The second kappa shape index (κ2) is 5.04. The molecule has 2 aromatic rings. The number of benzene rings is 1. The highest BCUT2D eigenvalue weighted by atomic mass is 127. The van der Waals surface area contributed by atoms with E-state index < -0.39 is 0 Å². The van der Waals surface area contributed by atoms with Crippen molar-refractivity contribution in [2.75, 3.05) is 0 Å². The van der Waals surface area contributed by atoms with Crippen molar-refractivity contribution in [3.05, 3.63) is 54.2 Å². The van der Waals surface area contributed by atoms with Gasteiger partial charge in [0, 0.05) is 18.3 Å². The fourth-order valence-corrected chi connectivity index (χ4v) is 3.28. The van der Waals surface area contributed by atoms with E-state index in [1.54, 1.807) is 11.3 Å². The summed E-state index contributed by atoms with van der Waals surface area (Å²) >= 11 is 10.0. The molecule has 1 unspecified atom stereocenters. The lowest BCUT2D eigenvalue weighted by atomic mass is 10.1. The minimum Gasteiger partial charge on any atom is -0.320 e. The van der Waals surface area contributed by atoms with Gasteiger partial charge in [0.25, 0.3) is 0 Å². The van der Waals surface area contributed by atoms with Crippen LogP contribution in [0.2, 0.25) is 5.02 Å². The smallest absolute Gasteiger partial charge is 0.0656 e. The Morgan fingerprint density at radius 2 is 2.06 bits per heavy atom. The fraction of sp³-hybridized carbons (Fsp3) is 0.167. The van der Waals surface area contributed by atoms with Crippen LogP contribution in [0.3, 0.4) is 0 Å². The van der Waals surface area contributed by atoms with Gasteiger partial charge < -0.3 is 5.73 Å². The first-order chi connectivity index (χ1) is 7.58. The maximum absolute atomic E-state index is 6.25. The summed E-state index contributed by atoms with van der Waals surface area (Å²) < 4.78 is 1.15. The summed E-state index contributed by atoms with van der Waals surface area (Å²) in [6, 6.07) is 9.93. The van der Waals surface area contributed by atoms with Crippen molar-refractivity contribution in [3.8, 4) is 0 Å². The molecule has 0 radical (unpaired) electrons. The van der Waals surface area contributed by atoms with Crippen LogP contribution in [0.25, 0.3) is 0 Å². The Balaban J connectivity index is 2.40. The van der Waals surface area contributed by atoms with Gasteiger partial charge in [-0.25, -0.2) is 0 Å². The third kappa shape index (κ3) is 2.59. The molecule has 0 spiro atoms. The molecule has 4 heteroatoms. The van der Waals surface area contributed by atoms with Gasteiger partial charge >= 0.3 is 0 Å². The topological polar surface area (TPSA) is 26.0 Å². The lowest BCUT2D eigenvalue weighted by Gasteiger charge is -2.12. The molecule has 0 saturated carbocycles. The number of nitrogens with two attached hydrogens (primary N) is 1. The Kier molecular flexibility index (Phi) is 3.89. The lowest BCUT2D eigenvalue weighted by Crippen LogP contribution is -2.11. The van der Waals surface area contributed by atoms with Gasteiger partial charge in [0.1, 0.15) is 0 Å². The van der Waals surface area contributed by atoms with Crippen LogP contribution in [0, 0.1) is 10.5 Å². The molecule has 2 N–H and O–H groups in total. The third-order valence-corrected chi connectivity index (χ3v) is 4.66. The van der Waals surface area contributed by atoms with E-state index in [9.17, 15) is 0 Å². The Morgan fingerprint density at radius 3 is 2.69 bits per heavy atom. The van der Waals surface area contributed by atoms with E-state index in [1.165, 1.54) is 9.75 Å². The first-order valence-corrected chi connectivity index (χ1v) is 7.12. The zero-order valence-electron chi connectivity index (χ0n) is 8.71. The first kappa shape index (κ1) is 12.4. The number of halogens is 2. The molecule has 1 heterocycles. The normalized spacial score (nSPS) is 12.8. The van der Waals surface area contributed by atoms with Gasteiger partial charge in [-0.3, -0.25) is 0 Å². The minimum absolute atomic E-state index is 0.0794. The van der Waals surface area contributed by atoms with Gasteiger partial charge in [0.05, 0.1) is 6.04 Å². The monoisotopic (exact) mass is 363 g/mol. The van der Waals surface area contributed by atoms with Crippen LogP contribution >= 0.6 is 45.5 Å². The molecule has 2 rings (SSSR count). The number of hydrogen-bond donors (Lipinski definition) is 1. The van der Waals surface area contributed by atoms with Gasteiger partial charge in [0.15, 0.2) is 0 Å². The molecular formula is C12H11ClINS. The maximum Gasteiger partial charge on any atom is 0.0656 e. The Labute approximate surface area is 118 Å². The summed E-state index contributed by atoms with van der Waals surface area (Å²) in [4.78, 5) is 2.46. The van der Waals surface area contributed by atoms with Crippen LogP contribution in [0.1, 0.15) is 21.4 Å². The summed E-state index contributed by atoms with van der Waals surface area (Å²) in [6.45, 7) is 2.09. The molecule has 1 nitrogen and oxygen atoms in total. The molecule has 84 valence electrons. The minimum atomic E-state index is -0.0794. The molecule has 16 heavy (non-hydrogen) atoms. The molecule has 0 bridgehead atoms. The van der Waals surface area contributed by atoms with Crippen molar-refractivity contribution < 1.29 is 0 Å². The van der Waals surface area contributed by atoms with Gasteiger partial charge in [-0.2, -0.15) is 0 Å². The zero-order valence-corrected chi connectivity index (χ0v) is 12.4. The molecule has 0 aliphatic carbocycles. The van der Waals surface area contributed by atoms with Crippen molar-refractivity contribution in [1.29, 1.82) is 0 Å². The van der Waals surface area contributed by atoms with E-state index in [2.05, 4.69) is 41.6 Å². The Hall–Kier alpha value is -0.100. The molecule has 0 amide bonds. The van der Waals surface area contributed by atoms with E-state index >= 15 is 0 Å². The molecule has 1 aromatic carbocycles. The van der Waals surface area contributed by atoms with E-state index in [4.69, 9.17) is 17.3 Å². The number of thiophene rings is 1. The molecule has 0 aliphatic rings. The van der Waals surface area contributed by atoms with Crippen molar-refractivity contribution in [3.63, 3.8) is 0 Å². The van der Waals surface area contributed by atoms with Crippen LogP contribution in [0.15, 0.2) is 30.3 Å². The Morgan fingerprint density at radius 1 is 1.31 bits per heavy atom. The zero-order chi connectivity index (χ0) is 11.7. The molecule has 1 atom stereocenters. The van der Waals surface area contributed by atoms with E-state index in [0.29, 0.717) is 0 Å². The quantitative estimate of drug-likeness (QED) is 0.788. The summed E-state index contributed by atoms with van der Waals surface area (Å²) in [5.74, 6) is 0. The first-order valence-electron chi connectivity index (χ1n) is 4.85. The maximum atomic E-state index is 6.25. The average molecular weight is 364 g/mol. The predicted octanol–water partition coefficient (Wildman–Crippen LogP) is 4.36. The summed E-state index contributed by atoms with van der Waals surface area (Å²) in [5.41, 5.74) is 7.34. The van der Waals surface area contributed by atoms with E-state index in [0.717, 1.165) is 14.2 Å². The highest BCUT2D eigenvalue weighted by molar-refractivity contribution is 14.1. The SMILES string of the molecule is Cc1ccc(C(N)c2cc(Cl)ccc2I)s1. The third-order valence-electron chi connectivity index (χ3n) is 2.36. The van der Waals surface area contributed by atoms with Crippen molar-refractivity contribution in [2.45, 2.75) is 13.0 Å². The van der Waals surface area contributed by atoms with Gasteiger partial charge in [0.2, 0.25) is 0 Å². The van der Waals surface area contributed by atoms with Crippen LogP contribution in [-0.4, -0.2) is 0 Å². The second-order valence-electron chi connectivity index (χ2n) is 3.59. The molecule has 1 aromatic heterocycles. The molecular weight excluding hydrogens is 353 g/mol. The number of hydrogen-bond acceptors (Lipinski definition) is 2. The highest BCUT2D eigenvalue weighted by Crippen LogP contribution is 2.30. The second-order valence-corrected chi connectivity index (χ2v) is 6.51. The van der Waals surface area contributed by atoms with Gasteiger partial charge in [-0.1, -0.05) is 11.6 Å². The molecule has 0 saturated heterocycles. The predicted molar refractivity (Wildman–Crippen MR) is 79.3 cm³/mol. The highest BCUT2D eigenvalue weighted by Gasteiger charge is 2.14. The number of rotatable bonds is 2. The van der Waals surface area contributed by atoms with Gasteiger partial charge in [-0.05, 0) is 65.4 Å². The Bertz CT molecular complexity index is 509. The van der Waals surface area contributed by atoms with Gasteiger partial charge in [-0.15, -0.1) is 11.3 Å². The van der Waals surface area contributed by atoms with E-state index in [1.807, 2.05) is 18.2 Å². The molecule has 0 aliphatic heterocycles. The van der Waals surface area contributed by atoms with Crippen LogP contribution in [-0.2, 0) is 0 Å².